The molecule has 9 heteroatoms. The maximum Gasteiger partial charge on any atom is 0.291 e. The first-order valence-corrected chi connectivity index (χ1v) is 8.18. The molecule has 0 aliphatic rings. The van der Waals surface area contributed by atoms with Crippen molar-refractivity contribution >= 4 is 48.9 Å². The Labute approximate surface area is 134 Å². The third kappa shape index (κ3) is 3.52. The topological polar surface area (TPSA) is 89.3 Å². The van der Waals surface area contributed by atoms with Crippen molar-refractivity contribution in [3.05, 3.63) is 62.1 Å². The average Bonchev–Trinajstić information content (AvgIpc) is 2.40. The Morgan fingerprint density at radius 2 is 1.86 bits per heavy atom. The molecule has 0 atom stereocenters. The van der Waals surface area contributed by atoms with Crippen LogP contribution in [0.25, 0.3) is 0 Å². The molecule has 0 heterocycles. The number of halogens is 2. The van der Waals surface area contributed by atoms with Gasteiger partial charge in [-0.15, -0.1) is 0 Å². The second-order valence-electron chi connectivity index (χ2n) is 3.95. The fourth-order valence-electron chi connectivity index (χ4n) is 1.60. The predicted molar refractivity (Wildman–Crippen MR) is 83.1 cm³/mol. The van der Waals surface area contributed by atoms with Crippen LogP contribution in [0.1, 0.15) is 0 Å². The minimum absolute atomic E-state index is 0.0848. The van der Waals surface area contributed by atoms with Crippen molar-refractivity contribution in [2.24, 2.45) is 0 Å². The first kappa shape index (κ1) is 15.7. The van der Waals surface area contributed by atoms with E-state index >= 15 is 0 Å². The van der Waals surface area contributed by atoms with Crippen LogP contribution >= 0.6 is 27.5 Å². The summed E-state index contributed by atoms with van der Waals surface area (Å²) in [6, 6.07) is 9.90. The largest absolute Gasteiger partial charge is 0.291 e. The number of rotatable bonds is 4. The highest BCUT2D eigenvalue weighted by atomic mass is 79.9. The molecule has 2 rings (SSSR count). The fraction of sp³-hybridized carbons (Fsp3) is 0. The van der Waals surface area contributed by atoms with Crippen molar-refractivity contribution in [3.63, 3.8) is 0 Å². The number of nitro benzene ring substituents is 1. The number of anilines is 1. The minimum Gasteiger partial charge on any atom is -0.278 e. The van der Waals surface area contributed by atoms with Crippen LogP contribution in [0.5, 0.6) is 0 Å². The Kier molecular flexibility index (Phi) is 4.50. The second-order valence-corrected chi connectivity index (χ2v) is 6.90. The van der Waals surface area contributed by atoms with Gasteiger partial charge in [0.2, 0.25) is 0 Å². The van der Waals surface area contributed by atoms with E-state index in [-0.39, 0.29) is 10.7 Å². The van der Waals surface area contributed by atoms with Crippen molar-refractivity contribution in [2.45, 2.75) is 4.90 Å². The van der Waals surface area contributed by atoms with Crippen LogP contribution in [0.4, 0.5) is 11.4 Å². The van der Waals surface area contributed by atoms with Gasteiger partial charge in [0.05, 0.1) is 10.6 Å². The molecule has 0 fully saturated rings. The Morgan fingerprint density at radius 3 is 2.48 bits per heavy atom. The van der Waals surface area contributed by atoms with Gasteiger partial charge in [-0.05, 0) is 40.2 Å². The number of hydrogen-bond donors (Lipinski definition) is 1. The molecule has 0 amide bonds. The van der Waals surface area contributed by atoms with E-state index in [0.717, 1.165) is 12.1 Å². The molecule has 0 unspecified atom stereocenters. The molecule has 0 bridgehead atoms. The van der Waals surface area contributed by atoms with Crippen LogP contribution in [0.3, 0.4) is 0 Å². The number of nitrogens with zero attached hydrogens (tertiary/aromatic N) is 1. The summed E-state index contributed by atoms with van der Waals surface area (Å²) in [5, 5.41) is 11.1. The molecule has 2 aromatic rings. The summed E-state index contributed by atoms with van der Waals surface area (Å²) < 4.78 is 27.4. The predicted octanol–water partition coefficient (Wildman–Crippen LogP) is 3.81. The third-order valence-electron chi connectivity index (χ3n) is 2.53. The van der Waals surface area contributed by atoms with Gasteiger partial charge in [-0.25, -0.2) is 8.42 Å². The van der Waals surface area contributed by atoms with Crippen molar-refractivity contribution in [3.8, 4) is 0 Å². The number of nitrogens with one attached hydrogen (secondary N) is 1. The molecule has 0 saturated heterocycles. The summed E-state index contributed by atoms with van der Waals surface area (Å²) in [5.41, 5.74) is -0.302. The zero-order valence-electron chi connectivity index (χ0n) is 10.3. The van der Waals surface area contributed by atoms with Gasteiger partial charge in [0, 0.05) is 15.6 Å². The van der Waals surface area contributed by atoms with Gasteiger partial charge < -0.3 is 0 Å². The van der Waals surface area contributed by atoms with Gasteiger partial charge in [0.25, 0.3) is 15.7 Å². The van der Waals surface area contributed by atoms with Gasteiger partial charge in [-0.2, -0.15) is 0 Å². The molecule has 0 spiro atoms. The molecule has 0 radical (unpaired) electrons. The van der Waals surface area contributed by atoms with E-state index in [1.54, 1.807) is 18.2 Å². The van der Waals surface area contributed by atoms with E-state index in [1.165, 1.54) is 12.1 Å². The molecular weight excluding hydrogens is 384 g/mol. The maximum absolute atomic E-state index is 12.3. The van der Waals surface area contributed by atoms with Gasteiger partial charge in [0.15, 0.2) is 4.90 Å². The first-order valence-electron chi connectivity index (χ1n) is 5.52. The Balaban J connectivity index is 2.50. The number of sulfonamides is 1. The molecule has 110 valence electrons. The van der Waals surface area contributed by atoms with Crippen molar-refractivity contribution in [2.75, 3.05) is 4.72 Å². The third-order valence-corrected chi connectivity index (χ3v) is 4.86. The monoisotopic (exact) mass is 390 g/mol. The van der Waals surface area contributed by atoms with Crippen LogP contribution in [-0.4, -0.2) is 13.3 Å². The van der Waals surface area contributed by atoms with E-state index in [9.17, 15) is 18.5 Å². The van der Waals surface area contributed by atoms with Crippen LogP contribution in [0, 0.1) is 10.1 Å². The van der Waals surface area contributed by atoms with Crippen LogP contribution in [-0.2, 0) is 10.0 Å². The second kappa shape index (κ2) is 6.00. The van der Waals surface area contributed by atoms with E-state index in [1.807, 2.05) is 0 Å². The number of nitro groups is 1. The van der Waals surface area contributed by atoms with E-state index in [4.69, 9.17) is 11.6 Å². The summed E-state index contributed by atoms with van der Waals surface area (Å²) in [4.78, 5) is 9.74. The SMILES string of the molecule is O=[N+]([O-])c1cc(Cl)ccc1S(=O)(=O)Nc1ccccc1Br. The van der Waals surface area contributed by atoms with Gasteiger partial charge in [-0.1, -0.05) is 23.7 Å². The zero-order chi connectivity index (χ0) is 15.6. The standard InChI is InChI=1S/C12H8BrClN2O4S/c13-9-3-1-2-4-10(9)15-21(19,20)12-6-5-8(14)7-11(12)16(17)18/h1-7,15H. The van der Waals surface area contributed by atoms with Crippen molar-refractivity contribution in [1.29, 1.82) is 0 Å². The molecule has 21 heavy (non-hydrogen) atoms. The first-order chi connectivity index (χ1) is 9.81. The number of hydrogen-bond acceptors (Lipinski definition) is 4. The average molecular weight is 392 g/mol. The van der Waals surface area contributed by atoms with Crippen LogP contribution in [0.15, 0.2) is 51.8 Å². The highest BCUT2D eigenvalue weighted by Gasteiger charge is 2.26. The van der Waals surface area contributed by atoms with Crippen LogP contribution in [0.2, 0.25) is 5.02 Å². The summed E-state index contributed by atoms with van der Waals surface area (Å²) in [6.07, 6.45) is 0. The lowest BCUT2D eigenvalue weighted by Crippen LogP contribution is -2.15. The molecule has 1 N–H and O–H groups in total. The zero-order valence-corrected chi connectivity index (χ0v) is 13.4. The number of benzene rings is 2. The summed E-state index contributed by atoms with van der Waals surface area (Å²) in [5.74, 6) is 0. The molecule has 0 aliphatic heterocycles. The highest BCUT2D eigenvalue weighted by Crippen LogP contribution is 2.30. The molecule has 0 aliphatic carbocycles. The smallest absolute Gasteiger partial charge is 0.278 e. The molecule has 0 aromatic heterocycles. The Hall–Kier alpha value is -1.64. The van der Waals surface area contributed by atoms with Crippen molar-refractivity contribution < 1.29 is 13.3 Å². The fourth-order valence-corrected chi connectivity index (χ4v) is 3.52. The quantitative estimate of drug-likeness (QED) is 0.634. The minimum atomic E-state index is -4.11. The van der Waals surface area contributed by atoms with Crippen LogP contribution < -0.4 is 4.72 Å². The lowest BCUT2D eigenvalue weighted by molar-refractivity contribution is -0.387. The van der Waals surface area contributed by atoms with E-state index < -0.39 is 25.5 Å². The highest BCUT2D eigenvalue weighted by molar-refractivity contribution is 9.10. The molecular formula is C12H8BrClN2O4S. The summed E-state index contributed by atoms with van der Waals surface area (Å²) >= 11 is 8.87. The Bertz CT molecular complexity index is 811. The van der Waals surface area contributed by atoms with E-state index in [0.29, 0.717) is 4.47 Å². The normalized spacial score (nSPS) is 11.1. The van der Waals surface area contributed by atoms with E-state index in [2.05, 4.69) is 20.7 Å². The lowest BCUT2D eigenvalue weighted by atomic mass is 10.3. The Morgan fingerprint density at radius 1 is 1.19 bits per heavy atom. The number of para-hydroxylation sites is 1. The summed E-state index contributed by atoms with van der Waals surface area (Å²) in [6.45, 7) is 0. The molecule has 0 saturated carbocycles. The van der Waals surface area contributed by atoms with Gasteiger partial charge in [0.1, 0.15) is 0 Å². The maximum atomic E-state index is 12.3. The lowest BCUT2D eigenvalue weighted by Gasteiger charge is -2.10. The van der Waals surface area contributed by atoms with Gasteiger partial charge in [-0.3, -0.25) is 14.8 Å². The van der Waals surface area contributed by atoms with Crippen molar-refractivity contribution in [1.82, 2.24) is 0 Å². The molecule has 6 nitrogen and oxygen atoms in total. The summed E-state index contributed by atoms with van der Waals surface area (Å²) in [7, 11) is -4.11. The van der Waals surface area contributed by atoms with Gasteiger partial charge >= 0.3 is 0 Å². The molecule has 2 aromatic carbocycles.